The van der Waals surface area contributed by atoms with Gasteiger partial charge in [0.1, 0.15) is 5.75 Å². The molecule has 0 aromatic heterocycles. The number of nitrogens with one attached hydrogen (secondary N) is 1. The smallest absolute Gasteiger partial charge is 0.254 e. The quantitative estimate of drug-likeness (QED) is 0.835. The van der Waals surface area contributed by atoms with Crippen LogP contribution in [0.3, 0.4) is 0 Å². The van der Waals surface area contributed by atoms with Crippen LogP contribution in [0.2, 0.25) is 0 Å². The third-order valence-corrected chi connectivity index (χ3v) is 3.84. The molecule has 1 atom stereocenters. The van der Waals surface area contributed by atoms with Crippen molar-refractivity contribution in [1.82, 2.24) is 10.2 Å². The van der Waals surface area contributed by atoms with Gasteiger partial charge in [0.25, 0.3) is 5.91 Å². The van der Waals surface area contributed by atoms with Gasteiger partial charge in [0, 0.05) is 31.7 Å². The number of methoxy groups -OCH3 is 1. The summed E-state index contributed by atoms with van der Waals surface area (Å²) in [6.45, 7) is 2.02. The van der Waals surface area contributed by atoms with E-state index in [0.29, 0.717) is 37.5 Å². The van der Waals surface area contributed by atoms with Crippen LogP contribution in [0.25, 0.3) is 0 Å². The van der Waals surface area contributed by atoms with Crippen LogP contribution in [0.4, 0.5) is 0 Å². The fourth-order valence-electron chi connectivity index (χ4n) is 2.65. The Kier molecular flexibility index (Phi) is 5.77. The largest absolute Gasteiger partial charge is 0.497 e. The minimum Gasteiger partial charge on any atom is -0.497 e. The number of likely N-dealkylation sites (tertiary alicyclic amines) is 1. The van der Waals surface area contributed by atoms with Gasteiger partial charge in [0.2, 0.25) is 5.91 Å². The van der Waals surface area contributed by atoms with Crippen molar-refractivity contribution < 1.29 is 14.3 Å². The molecule has 1 aliphatic rings. The Labute approximate surface area is 130 Å². The Hall–Kier alpha value is -2.08. The summed E-state index contributed by atoms with van der Waals surface area (Å²) in [7, 11) is 1.57. The molecule has 0 aliphatic carbocycles. The van der Waals surface area contributed by atoms with Crippen LogP contribution in [0.1, 0.15) is 23.2 Å². The van der Waals surface area contributed by atoms with Gasteiger partial charge in [-0.3, -0.25) is 9.59 Å². The van der Waals surface area contributed by atoms with Crippen molar-refractivity contribution in [2.75, 3.05) is 33.3 Å². The van der Waals surface area contributed by atoms with Crippen molar-refractivity contribution in [3.8, 4) is 5.75 Å². The first kappa shape index (κ1) is 16.3. The molecular weight excluding hydrogens is 282 g/mol. The molecule has 0 spiro atoms. The number of rotatable bonds is 5. The van der Waals surface area contributed by atoms with E-state index in [9.17, 15) is 9.59 Å². The van der Waals surface area contributed by atoms with Gasteiger partial charge in [-0.2, -0.15) is 0 Å². The van der Waals surface area contributed by atoms with E-state index in [1.807, 2.05) is 0 Å². The summed E-state index contributed by atoms with van der Waals surface area (Å²) in [6.07, 6.45) is 1.63. The van der Waals surface area contributed by atoms with E-state index in [-0.39, 0.29) is 17.7 Å². The fourth-order valence-corrected chi connectivity index (χ4v) is 2.65. The SMILES string of the molecule is COc1cccc(C(=O)N2CCCC(C(=O)NCCN)C2)c1. The summed E-state index contributed by atoms with van der Waals surface area (Å²) >= 11 is 0. The van der Waals surface area contributed by atoms with Gasteiger partial charge in [-0.05, 0) is 31.0 Å². The molecule has 0 radical (unpaired) electrons. The molecule has 6 heteroatoms. The van der Waals surface area contributed by atoms with E-state index < -0.39 is 0 Å². The maximum absolute atomic E-state index is 12.6. The number of ether oxygens (including phenoxy) is 1. The summed E-state index contributed by atoms with van der Waals surface area (Å²) in [6, 6.07) is 7.08. The van der Waals surface area contributed by atoms with E-state index in [1.165, 1.54) is 0 Å². The molecule has 120 valence electrons. The van der Waals surface area contributed by atoms with Crippen molar-refractivity contribution in [1.29, 1.82) is 0 Å². The monoisotopic (exact) mass is 305 g/mol. The molecule has 6 nitrogen and oxygen atoms in total. The normalized spacial score (nSPS) is 17.9. The van der Waals surface area contributed by atoms with E-state index in [0.717, 1.165) is 12.8 Å². The van der Waals surface area contributed by atoms with Crippen LogP contribution in [-0.4, -0.2) is 50.0 Å². The van der Waals surface area contributed by atoms with Crippen LogP contribution in [-0.2, 0) is 4.79 Å². The highest BCUT2D eigenvalue weighted by Crippen LogP contribution is 2.20. The lowest BCUT2D eigenvalue weighted by Crippen LogP contribution is -2.46. The minimum atomic E-state index is -0.158. The molecule has 1 heterocycles. The molecule has 0 bridgehead atoms. The van der Waals surface area contributed by atoms with Crippen LogP contribution < -0.4 is 15.8 Å². The van der Waals surface area contributed by atoms with Crippen LogP contribution in [0.5, 0.6) is 5.75 Å². The molecule has 1 saturated heterocycles. The third kappa shape index (κ3) is 3.98. The second-order valence-corrected chi connectivity index (χ2v) is 5.40. The third-order valence-electron chi connectivity index (χ3n) is 3.84. The Morgan fingerprint density at radius 1 is 1.45 bits per heavy atom. The van der Waals surface area contributed by atoms with Gasteiger partial charge in [0.15, 0.2) is 0 Å². The molecule has 22 heavy (non-hydrogen) atoms. The molecule has 0 saturated carbocycles. The standard InChI is InChI=1S/C16H23N3O3/c1-22-14-6-2-4-12(10-14)16(21)19-9-3-5-13(11-19)15(20)18-8-7-17/h2,4,6,10,13H,3,5,7-9,11,17H2,1H3,(H,18,20). The zero-order valence-corrected chi connectivity index (χ0v) is 12.9. The first-order chi connectivity index (χ1) is 10.7. The molecule has 1 aliphatic heterocycles. The second-order valence-electron chi connectivity index (χ2n) is 5.40. The zero-order chi connectivity index (χ0) is 15.9. The number of hydrogen-bond donors (Lipinski definition) is 2. The Morgan fingerprint density at radius 3 is 3.00 bits per heavy atom. The first-order valence-electron chi connectivity index (χ1n) is 7.57. The molecule has 2 amide bonds. The zero-order valence-electron chi connectivity index (χ0n) is 12.9. The first-order valence-corrected chi connectivity index (χ1v) is 7.57. The number of carbonyl (C=O) groups is 2. The minimum absolute atomic E-state index is 0.0198. The molecule has 1 fully saturated rings. The Morgan fingerprint density at radius 2 is 2.27 bits per heavy atom. The molecule has 1 aromatic rings. The number of nitrogens with zero attached hydrogens (tertiary/aromatic N) is 1. The van der Waals surface area contributed by atoms with E-state index in [2.05, 4.69) is 5.32 Å². The lowest BCUT2D eigenvalue weighted by atomic mass is 9.96. The highest BCUT2D eigenvalue weighted by Gasteiger charge is 2.28. The van der Waals surface area contributed by atoms with Gasteiger partial charge in [-0.15, -0.1) is 0 Å². The number of piperidine rings is 1. The number of benzene rings is 1. The highest BCUT2D eigenvalue weighted by molar-refractivity contribution is 5.95. The number of nitrogens with two attached hydrogens (primary N) is 1. The van der Waals surface area contributed by atoms with Gasteiger partial charge in [-0.1, -0.05) is 6.07 Å². The van der Waals surface area contributed by atoms with Crippen molar-refractivity contribution >= 4 is 11.8 Å². The maximum Gasteiger partial charge on any atom is 0.254 e. The molecule has 2 rings (SSSR count). The molecule has 1 aromatic carbocycles. The lowest BCUT2D eigenvalue weighted by Gasteiger charge is -2.32. The predicted octanol–water partition coefficient (Wildman–Crippen LogP) is 0.622. The van der Waals surface area contributed by atoms with E-state index in [1.54, 1.807) is 36.3 Å². The summed E-state index contributed by atoms with van der Waals surface area (Å²) in [4.78, 5) is 26.3. The summed E-state index contributed by atoms with van der Waals surface area (Å²) < 4.78 is 5.15. The van der Waals surface area contributed by atoms with Gasteiger partial charge >= 0.3 is 0 Å². The van der Waals surface area contributed by atoms with Gasteiger partial charge < -0.3 is 20.7 Å². The van der Waals surface area contributed by atoms with Crippen molar-refractivity contribution in [3.63, 3.8) is 0 Å². The number of hydrogen-bond acceptors (Lipinski definition) is 4. The average Bonchev–Trinajstić information content (AvgIpc) is 2.59. The summed E-state index contributed by atoms with van der Waals surface area (Å²) in [5.74, 6) is 0.416. The van der Waals surface area contributed by atoms with Gasteiger partial charge in [-0.25, -0.2) is 0 Å². The van der Waals surface area contributed by atoms with Crippen molar-refractivity contribution in [3.05, 3.63) is 29.8 Å². The average molecular weight is 305 g/mol. The number of carbonyl (C=O) groups excluding carboxylic acids is 2. The van der Waals surface area contributed by atoms with Crippen molar-refractivity contribution in [2.24, 2.45) is 11.7 Å². The molecule has 1 unspecified atom stereocenters. The van der Waals surface area contributed by atoms with E-state index in [4.69, 9.17) is 10.5 Å². The Bertz CT molecular complexity index is 533. The maximum atomic E-state index is 12.6. The van der Waals surface area contributed by atoms with Crippen LogP contribution in [0.15, 0.2) is 24.3 Å². The molecule has 3 N–H and O–H groups in total. The fraction of sp³-hybridized carbons (Fsp3) is 0.500. The summed E-state index contributed by atoms with van der Waals surface area (Å²) in [5, 5.41) is 2.80. The lowest BCUT2D eigenvalue weighted by molar-refractivity contribution is -0.126. The second kappa shape index (κ2) is 7.79. The predicted molar refractivity (Wildman–Crippen MR) is 83.7 cm³/mol. The van der Waals surface area contributed by atoms with E-state index >= 15 is 0 Å². The van der Waals surface area contributed by atoms with Gasteiger partial charge in [0.05, 0.1) is 13.0 Å². The topological polar surface area (TPSA) is 84.7 Å². The highest BCUT2D eigenvalue weighted by atomic mass is 16.5. The summed E-state index contributed by atoms with van der Waals surface area (Å²) in [5.41, 5.74) is 5.98. The van der Waals surface area contributed by atoms with Crippen LogP contribution in [0, 0.1) is 5.92 Å². The van der Waals surface area contributed by atoms with Crippen molar-refractivity contribution in [2.45, 2.75) is 12.8 Å². The number of amides is 2. The molecular formula is C16H23N3O3. The van der Waals surface area contributed by atoms with Crippen LogP contribution >= 0.6 is 0 Å². The Balaban J connectivity index is 2.01.